The molecule has 1 N–H and O–H groups in total. The van der Waals surface area contributed by atoms with Crippen LogP contribution in [0.15, 0.2) is 6.20 Å². The van der Waals surface area contributed by atoms with Crippen LogP contribution in [0, 0.1) is 6.92 Å². The number of nitrogens with one attached hydrogen (secondary N) is 1. The van der Waals surface area contributed by atoms with E-state index in [1.54, 1.807) is 0 Å². The third-order valence-electron chi connectivity index (χ3n) is 3.89. The molecule has 1 aromatic rings. The van der Waals surface area contributed by atoms with Gasteiger partial charge in [0.2, 0.25) is 0 Å². The second-order valence-electron chi connectivity index (χ2n) is 7.13. The summed E-state index contributed by atoms with van der Waals surface area (Å²) in [4.78, 5) is 0. The van der Waals surface area contributed by atoms with Crippen molar-refractivity contribution in [2.45, 2.75) is 58.1 Å². The quantitative estimate of drug-likeness (QED) is 0.648. The Kier molecular flexibility index (Phi) is 5.40. The van der Waals surface area contributed by atoms with Crippen molar-refractivity contribution in [3.63, 3.8) is 0 Å². The number of piperidine rings is 1. The zero-order valence-corrected chi connectivity index (χ0v) is 14.4. The van der Waals surface area contributed by atoms with Crippen LogP contribution in [0.25, 0.3) is 0 Å². The molecule has 114 valence electrons. The Bertz CT molecular complexity index is 419. The van der Waals surface area contributed by atoms with Gasteiger partial charge in [0.05, 0.1) is 5.69 Å². The van der Waals surface area contributed by atoms with Crippen LogP contribution in [0.3, 0.4) is 0 Å². The number of rotatable bonds is 6. The molecular formula is C15H29N3OSi. The SMILES string of the molecule is Cc1cn(COCC[Si](C)(C)C)nc1C1CCCNC1. The van der Waals surface area contributed by atoms with Crippen molar-refractivity contribution in [3.8, 4) is 0 Å². The molecule has 1 fully saturated rings. The van der Waals surface area contributed by atoms with E-state index in [2.05, 4.69) is 38.1 Å². The molecule has 1 atom stereocenters. The minimum absolute atomic E-state index is 0.576. The molecule has 2 heterocycles. The van der Waals surface area contributed by atoms with Crippen LogP contribution in [0.4, 0.5) is 0 Å². The number of hydrogen-bond donors (Lipinski definition) is 1. The number of aromatic nitrogens is 2. The molecule has 0 aliphatic carbocycles. The fourth-order valence-corrected chi connectivity index (χ4v) is 3.38. The molecule has 0 aromatic carbocycles. The van der Waals surface area contributed by atoms with Gasteiger partial charge in [-0.3, -0.25) is 0 Å². The van der Waals surface area contributed by atoms with Gasteiger partial charge in [-0.15, -0.1) is 0 Å². The highest BCUT2D eigenvalue weighted by atomic mass is 28.3. The number of hydrogen-bond acceptors (Lipinski definition) is 3. The number of aryl methyl sites for hydroxylation is 1. The van der Waals surface area contributed by atoms with Crippen LogP contribution in [0.1, 0.15) is 30.0 Å². The predicted molar refractivity (Wildman–Crippen MR) is 85.9 cm³/mol. The van der Waals surface area contributed by atoms with Crippen molar-refractivity contribution in [1.29, 1.82) is 0 Å². The molecule has 4 nitrogen and oxygen atoms in total. The molecule has 5 heteroatoms. The molecule has 0 bridgehead atoms. The van der Waals surface area contributed by atoms with Gasteiger partial charge in [-0.25, -0.2) is 4.68 Å². The molecule has 1 unspecified atom stereocenters. The van der Waals surface area contributed by atoms with Gasteiger partial charge in [0.25, 0.3) is 0 Å². The summed E-state index contributed by atoms with van der Waals surface area (Å²) in [5, 5.41) is 8.19. The lowest BCUT2D eigenvalue weighted by Gasteiger charge is -2.21. The topological polar surface area (TPSA) is 39.1 Å². The summed E-state index contributed by atoms with van der Waals surface area (Å²) in [6.07, 6.45) is 4.63. The van der Waals surface area contributed by atoms with E-state index in [0.717, 1.165) is 19.7 Å². The molecule has 2 rings (SSSR count). The summed E-state index contributed by atoms with van der Waals surface area (Å²) in [5.74, 6) is 0.576. The van der Waals surface area contributed by atoms with Gasteiger partial charge in [-0.05, 0) is 37.9 Å². The molecule has 1 aliphatic heterocycles. The largest absolute Gasteiger partial charge is 0.360 e. The third kappa shape index (κ3) is 4.72. The Balaban J connectivity index is 1.84. The van der Waals surface area contributed by atoms with Crippen molar-refractivity contribution in [2.24, 2.45) is 0 Å². The standard InChI is InChI=1S/C15H29N3OSi/c1-13-11-18(12-19-8-9-20(2,3)4)17-15(13)14-6-5-7-16-10-14/h11,14,16H,5-10,12H2,1-4H3. The van der Waals surface area contributed by atoms with Gasteiger partial charge in [0.15, 0.2) is 0 Å². The fourth-order valence-electron chi connectivity index (χ4n) is 2.63. The Hall–Kier alpha value is -0.653. The zero-order valence-electron chi connectivity index (χ0n) is 13.4. The first-order chi connectivity index (χ1) is 9.46. The average molecular weight is 296 g/mol. The zero-order chi connectivity index (χ0) is 14.6. The summed E-state index contributed by atoms with van der Waals surface area (Å²) < 4.78 is 7.73. The molecule has 1 aliphatic rings. The Morgan fingerprint density at radius 2 is 2.25 bits per heavy atom. The summed E-state index contributed by atoms with van der Waals surface area (Å²) in [6.45, 7) is 13.0. The van der Waals surface area contributed by atoms with E-state index in [0.29, 0.717) is 12.6 Å². The van der Waals surface area contributed by atoms with Crippen molar-refractivity contribution in [2.75, 3.05) is 19.7 Å². The highest BCUT2D eigenvalue weighted by molar-refractivity contribution is 6.76. The molecule has 1 aromatic heterocycles. The predicted octanol–water partition coefficient (Wildman–Crippen LogP) is 2.97. The van der Waals surface area contributed by atoms with Gasteiger partial charge in [0, 0.05) is 33.3 Å². The van der Waals surface area contributed by atoms with Crippen molar-refractivity contribution >= 4 is 8.07 Å². The third-order valence-corrected chi connectivity index (χ3v) is 5.59. The molecule has 0 radical (unpaired) electrons. The number of nitrogens with zero attached hydrogens (tertiary/aromatic N) is 2. The normalized spacial score (nSPS) is 20.3. The Labute approximate surface area is 123 Å². The molecule has 0 amide bonds. The average Bonchev–Trinajstić information content (AvgIpc) is 2.76. The second kappa shape index (κ2) is 6.87. The van der Waals surface area contributed by atoms with Crippen molar-refractivity contribution in [3.05, 3.63) is 17.5 Å². The van der Waals surface area contributed by atoms with Crippen LogP contribution in [-0.4, -0.2) is 37.6 Å². The van der Waals surface area contributed by atoms with Crippen LogP contribution < -0.4 is 5.32 Å². The van der Waals surface area contributed by atoms with Crippen molar-refractivity contribution in [1.82, 2.24) is 15.1 Å². The van der Waals surface area contributed by atoms with E-state index in [9.17, 15) is 0 Å². The van der Waals surface area contributed by atoms with E-state index in [-0.39, 0.29) is 0 Å². The van der Waals surface area contributed by atoms with Gasteiger partial charge in [0.1, 0.15) is 6.73 Å². The summed E-state index contributed by atoms with van der Waals surface area (Å²) in [6, 6.07) is 1.21. The molecule has 20 heavy (non-hydrogen) atoms. The fraction of sp³-hybridized carbons (Fsp3) is 0.800. The monoisotopic (exact) mass is 295 g/mol. The maximum atomic E-state index is 5.77. The molecular weight excluding hydrogens is 266 g/mol. The Morgan fingerprint density at radius 1 is 1.45 bits per heavy atom. The van der Waals surface area contributed by atoms with E-state index in [1.165, 1.54) is 30.1 Å². The minimum atomic E-state index is -0.991. The maximum absolute atomic E-state index is 5.77. The summed E-state index contributed by atoms with van der Waals surface area (Å²) >= 11 is 0. The van der Waals surface area contributed by atoms with Crippen LogP contribution in [-0.2, 0) is 11.5 Å². The Morgan fingerprint density at radius 3 is 2.90 bits per heavy atom. The highest BCUT2D eigenvalue weighted by Crippen LogP contribution is 2.24. The molecule has 1 saturated heterocycles. The van der Waals surface area contributed by atoms with E-state index >= 15 is 0 Å². The minimum Gasteiger partial charge on any atom is -0.360 e. The van der Waals surface area contributed by atoms with Gasteiger partial charge >= 0.3 is 0 Å². The lowest BCUT2D eigenvalue weighted by Crippen LogP contribution is -2.29. The molecule has 0 saturated carbocycles. The summed E-state index contributed by atoms with van der Waals surface area (Å²) in [5.41, 5.74) is 2.55. The summed E-state index contributed by atoms with van der Waals surface area (Å²) in [7, 11) is -0.991. The number of ether oxygens (including phenoxy) is 1. The van der Waals surface area contributed by atoms with Crippen LogP contribution in [0.2, 0.25) is 25.7 Å². The van der Waals surface area contributed by atoms with E-state index < -0.39 is 8.07 Å². The van der Waals surface area contributed by atoms with Gasteiger partial charge < -0.3 is 10.1 Å². The van der Waals surface area contributed by atoms with Crippen LogP contribution in [0.5, 0.6) is 0 Å². The maximum Gasteiger partial charge on any atom is 0.139 e. The second-order valence-corrected chi connectivity index (χ2v) is 12.7. The first-order valence-corrected chi connectivity index (χ1v) is 11.5. The lowest BCUT2D eigenvalue weighted by atomic mass is 9.94. The first kappa shape index (κ1) is 15.7. The first-order valence-electron chi connectivity index (χ1n) is 7.78. The van der Waals surface area contributed by atoms with Crippen molar-refractivity contribution < 1.29 is 4.74 Å². The molecule has 0 spiro atoms. The lowest BCUT2D eigenvalue weighted by molar-refractivity contribution is 0.0781. The van der Waals surface area contributed by atoms with Gasteiger partial charge in [-0.2, -0.15) is 5.10 Å². The highest BCUT2D eigenvalue weighted by Gasteiger charge is 2.20. The van der Waals surface area contributed by atoms with Gasteiger partial charge in [-0.1, -0.05) is 19.6 Å². The van der Waals surface area contributed by atoms with Crippen LogP contribution >= 0.6 is 0 Å². The van der Waals surface area contributed by atoms with E-state index in [1.807, 2.05) is 4.68 Å². The van der Waals surface area contributed by atoms with E-state index in [4.69, 9.17) is 9.84 Å². The smallest absolute Gasteiger partial charge is 0.139 e.